The zero-order valence-electron chi connectivity index (χ0n) is 19.8. The lowest BCUT2D eigenvalue weighted by molar-refractivity contribution is 0.134. The van der Waals surface area contributed by atoms with Crippen molar-refractivity contribution >= 4 is 6.03 Å². The van der Waals surface area contributed by atoms with E-state index in [0.717, 1.165) is 36.5 Å². The molecular formula is C24H36N6O2. The van der Waals surface area contributed by atoms with E-state index in [1.54, 1.807) is 13.2 Å². The van der Waals surface area contributed by atoms with Gasteiger partial charge in [0.15, 0.2) is 0 Å². The van der Waals surface area contributed by atoms with Crippen LogP contribution in [-0.2, 0) is 20.1 Å². The Morgan fingerprint density at radius 1 is 1.25 bits per heavy atom. The average Bonchev–Trinajstić information content (AvgIpc) is 3.40. The fourth-order valence-corrected chi connectivity index (χ4v) is 4.54. The number of carbonyl (C=O) groups excluding carboxylic acids is 1. The van der Waals surface area contributed by atoms with Crippen LogP contribution < -0.4 is 10.1 Å². The number of benzene rings is 1. The highest BCUT2D eigenvalue weighted by atomic mass is 16.5. The number of hydrogen-bond acceptors (Lipinski definition) is 5. The molecule has 0 unspecified atom stereocenters. The Hall–Kier alpha value is -2.61. The number of rotatable bonds is 8. The van der Waals surface area contributed by atoms with E-state index in [0.29, 0.717) is 25.6 Å². The van der Waals surface area contributed by atoms with Gasteiger partial charge in [0.1, 0.15) is 11.4 Å². The molecule has 2 amide bonds. The van der Waals surface area contributed by atoms with Crippen LogP contribution in [0.3, 0.4) is 0 Å². The van der Waals surface area contributed by atoms with Gasteiger partial charge in [-0.1, -0.05) is 26.0 Å². The first kappa shape index (κ1) is 22.6. The zero-order chi connectivity index (χ0) is 22.7. The van der Waals surface area contributed by atoms with E-state index in [-0.39, 0.29) is 17.5 Å². The summed E-state index contributed by atoms with van der Waals surface area (Å²) < 4.78 is 5.79. The molecule has 8 heteroatoms. The molecule has 1 saturated carbocycles. The molecule has 2 aromatic rings. The molecule has 32 heavy (non-hydrogen) atoms. The molecule has 0 bridgehead atoms. The van der Waals surface area contributed by atoms with Crippen molar-refractivity contribution in [2.75, 3.05) is 26.7 Å². The lowest BCUT2D eigenvalue weighted by Crippen LogP contribution is -2.54. The van der Waals surface area contributed by atoms with E-state index < -0.39 is 0 Å². The van der Waals surface area contributed by atoms with Gasteiger partial charge in [-0.05, 0) is 56.5 Å². The van der Waals surface area contributed by atoms with Crippen molar-refractivity contribution < 1.29 is 9.53 Å². The first-order valence-electron chi connectivity index (χ1n) is 11.6. The van der Waals surface area contributed by atoms with E-state index in [9.17, 15) is 4.79 Å². The summed E-state index contributed by atoms with van der Waals surface area (Å²) in [4.78, 5) is 19.1. The van der Waals surface area contributed by atoms with Gasteiger partial charge < -0.3 is 19.9 Å². The molecule has 1 N–H and O–H groups in total. The monoisotopic (exact) mass is 440 g/mol. The minimum absolute atomic E-state index is 0.0309. The van der Waals surface area contributed by atoms with Crippen molar-refractivity contribution in [3.63, 3.8) is 0 Å². The van der Waals surface area contributed by atoms with Gasteiger partial charge in [-0.3, -0.25) is 0 Å². The third-order valence-electron chi connectivity index (χ3n) is 6.48. The van der Waals surface area contributed by atoms with Crippen molar-refractivity contribution in [1.29, 1.82) is 0 Å². The van der Waals surface area contributed by atoms with Gasteiger partial charge in [0.05, 0.1) is 19.3 Å². The van der Waals surface area contributed by atoms with Crippen LogP contribution in [0.1, 0.15) is 44.4 Å². The molecule has 0 radical (unpaired) electrons. The standard InChI is InChI=1S/C24H36N6O2/c1-18(2)16-32-21-7-5-19(6-8-21)14-30(15-20-13-25-29(4)27-20)23(31)26-22-9-12-28(3)17-24(22)10-11-24/h5-8,13,18,22H,9-12,14-17H2,1-4H3,(H,26,31)/t22-/m0/s1. The highest BCUT2D eigenvalue weighted by molar-refractivity contribution is 5.74. The van der Waals surface area contributed by atoms with Crippen molar-refractivity contribution in [1.82, 2.24) is 30.1 Å². The minimum Gasteiger partial charge on any atom is -0.493 e. The Balaban J connectivity index is 1.44. The summed E-state index contributed by atoms with van der Waals surface area (Å²) in [6, 6.07) is 8.23. The number of ether oxygens (including phenoxy) is 1. The maximum absolute atomic E-state index is 13.4. The summed E-state index contributed by atoms with van der Waals surface area (Å²) in [5.41, 5.74) is 2.10. The smallest absolute Gasteiger partial charge is 0.318 e. The third-order valence-corrected chi connectivity index (χ3v) is 6.48. The summed E-state index contributed by atoms with van der Waals surface area (Å²) in [6.45, 7) is 7.98. The first-order chi connectivity index (χ1) is 15.3. The van der Waals surface area contributed by atoms with Crippen molar-refractivity contribution in [3.8, 4) is 5.75 Å². The molecule has 1 aromatic carbocycles. The van der Waals surface area contributed by atoms with Crippen molar-refractivity contribution in [2.45, 2.75) is 52.2 Å². The number of urea groups is 1. The lowest BCUT2D eigenvalue weighted by atomic mass is 9.89. The predicted molar refractivity (Wildman–Crippen MR) is 123 cm³/mol. The Bertz CT molecular complexity index is 905. The van der Waals surface area contributed by atoms with Gasteiger partial charge >= 0.3 is 6.03 Å². The number of likely N-dealkylation sites (tertiary alicyclic amines) is 1. The SMILES string of the molecule is CC(C)COc1ccc(CN(Cc2cnn(C)n2)C(=O)N[C@H]2CCN(C)CC23CC3)cc1. The normalized spacial score (nSPS) is 19.8. The van der Waals surface area contributed by atoms with Crippen LogP contribution in [0.2, 0.25) is 0 Å². The highest BCUT2D eigenvalue weighted by Gasteiger charge is 2.52. The summed E-state index contributed by atoms with van der Waals surface area (Å²) >= 11 is 0. The van der Waals surface area contributed by atoms with Crippen LogP contribution in [0.15, 0.2) is 30.5 Å². The van der Waals surface area contributed by atoms with Crippen molar-refractivity contribution in [3.05, 3.63) is 41.7 Å². The van der Waals surface area contributed by atoms with Crippen LogP contribution in [0.25, 0.3) is 0 Å². The quantitative estimate of drug-likeness (QED) is 0.683. The fourth-order valence-electron chi connectivity index (χ4n) is 4.54. The molecule has 2 heterocycles. The molecule has 1 aromatic heterocycles. The van der Waals surface area contributed by atoms with Gasteiger partial charge in [-0.15, -0.1) is 0 Å². The number of amides is 2. The van der Waals surface area contributed by atoms with Gasteiger partial charge in [-0.2, -0.15) is 15.0 Å². The molecular weight excluding hydrogens is 404 g/mol. The average molecular weight is 441 g/mol. The third kappa shape index (κ3) is 5.59. The molecule has 4 rings (SSSR count). The van der Waals surface area contributed by atoms with Crippen molar-refractivity contribution in [2.24, 2.45) is 18.4 Å². The molecule has 2 fully saturated rings. The maximum atomic E-state index is 13.4. The van der Waals surface area contributed by atoms with E-state index in [1.165, 1.54) is 17.6 Å². The molecule has 1 atom stereocenters. The fraction of sp³-hybridized carbons (Fsp3) is 0.625. The number of hydrogen-bond donors (Lipinski definition) is 1. The largest absolute Gasteiger partial charge is 0.493 e. The van der Waals surface area contributed by atoms with Gasteiger partial charge in [0.2, 0.25) is 0 Å². The van der Waals surface area contributed by atoms with Gasteiger partial charge in [0.25, 0.3) is 0 Å². The van der Waals surface area contributed by atoms with Crippen LogP contribution in [-0.4, -0.2) is 63.6 Å². The van der Waals surface area contributed by atoms with Crippen LogP contribution >= 0.6 is 0 Å². The lowest BCUT2D eigenvalue weighted by Gasteiger charge is -2.38. The van der Waals surface area contributed by atoms with E-state index in [4.69, 9.17) is 4.74 Å². The Morgan fingerprint density at radius 3 is 2.62 bits per heavy atom. The number of aryl methyl sites for hydroxylation is 1. The summed E-state index contributed by atoms with van der Waals surface area (Å²) in [7, 11) is 3.96. The predicted octanol–water partition coefficient (Wildman–Crippen LogP) is 3.05. The first-order valence-corrected chi connectivity index (χ1v) is 11.6. The summed E-state index contributed by atoms with van der Waals surface area (Å²) in [6.07, 6.45) is 5.12. The Labute approximate surface area is 190 Å². The van der Waals surface area contributed by atoms with E-state index >= 15 is 0 Å². The Morgan fingerprint density at radius 2 is 2.00 bits per heavy atom. The molecule has 1 saturated heterocycles. The molecule has 174 valence electrons. The molecule has 1 aliphatic heterocycles. The van der Waals surface area contributed by atoms with Crippen LogP contribution in [0.5, 0.6) is 5.75 Å². The second-order valence-corrected chi connectivity index (χ2v) is 9.92. The maximum Gasteiger partial charge on any atom is 0.318 e. The second kappa shape index (κ2) is 9.48. The number of aromatic nitrogens is 3. The van der Waals surface area contributed by atoms with Crippen LogP contribution in [0.4, 0.5) is 4.79 Å². The summed E-state index contributed by atoms with van der Waals surface area (Å²) in [5.74, 6) is 1.34. The summed E-state index contributed by atoms with van der Waals surface area (Å²) in [5, 5.41) is 11.9. The second-order valence-electron chi connectivity index (χ2n) is 9.92. The minimum atomic E-state index is -0.0309. The Kier molecular flexibility index (Phi) is 6.69. The number of nitrogens with one attached hydrogen (secondary N) is 1. The number of piperidine rings is 1. The van der Waals surface area contributed by atoms with Gasteiger partial charge in [-0.25, -0.2) is 4.79 Å². The highest BCUT2D eigenvalue weighted by Crippen LogP contribution is 2.51. The van der Waals surface area contributed by atoms with E-state index in [2.05, 4.69) is 41.3 Å². The van der Waals surface area contributed by atoms with Gasteiger partial charge in [0, 0.05) is 31.6 Å². The molecule has 1 spiro atoms. The zero-order valence-corrected chi connectivity index (χ0v) is 19.8. The molecule has 1 aliphatic carbocycles. The topological polar surface area (TPSA) is 75.5 Å². The molecule has 8 nitrogen and oxygen atoms in total. The van der Waals surface area contributed by atoms with E-state index in [1.807, 2.05) is 29.2 Å². The van der Waals surface area contributed by atoms with Crippen LogP contribution in [0, 0.1) is 11.3 Å². The number of carbonyl (C=O) groups is 1. The molecule has 2 aliphatic rings. The number of nitrogens with zero attached hydrogens (tertiary/aromatic N) is 5.